The predicted molar refractivity (Wildman–Crippen MR) is 124 cm³/mol. The van der Waals surface area contributed by atoms with Gasteiger partial charge in [-0.05, 0) is 54.5 Å². The van der Waals surface area contributed by atoms with Gasteiger partial charge in [0.25, 0.3) is 0 Å². The molecule has 1 saturated carbocycles. The van der Waals surface area contributed by atoms with E-state index in [0.29, 0.717) is 24.4 Å². The number of nitrogens with zero attached hydrogens (tertiary/aromatic N) is 2. The second-order valence-corrected chi connectivity index (χ2v) is 8.78. The van der Waals surface area contributed by atoms with Gasteiger partial charge in [-0.1, -0.05) is 43.2 Å². The van der Waals surface area contributed by atoms with E-state index in [1.54, 1.807) is 12.2 Å². The number of ether oxygens (including phenoxy) is 1. The molecule has 1 aromatic rings. The second-order valence-electron chi connectivity index (χ2n) is 8.78. The van der Waals surface area contributed by atoms with Crippen LogP contribution in [-0.2, 0) is 4.74 Å². The number of fused-ring (bicyclic) bond motifs is 2. The largest absolute Gasteiger partial charge is 0.447 e. The molecule has 5 heteroatoms. The third-order valence-corrected chi connectivity index (χ3v) is 7.06. The monoisotopic (exact) mass is 432 g/mol. The van der Waals surface area contributed by atoms with Crippen LogP contribution in [0.15, 0.2) is 60.6 Å². The Kier molecular flexibility index (Phi) is 6.90. The molecule has 1 aromatic heterocycles. The highest BCUT2D eigenvalue weighted by molar-refractivity contribution is 5.70. The van der Waals surface area contributed by atoms with Crippen molar-refractivity contribution in [2.24, 2.45) is 17.8 Å². The molecule has 5 atom stereocenters. The fourth-order valence-electron chi connectivity index (χ4n) is 5.52. The summed E-state index contributed by atoms with van der Waals surface area (Å²) in [5, 5.41) is 0. The average molecular weight is 433 g/mol. The molecule has 3 fully saturated rings. The number of pyridine rings is 1. The van der Waals surface area contributed by atoms with Gasteiger partial charge in [-0.3, -0.25) is 4.98 Å². The third-order valence-electron chi connectivity index (χ3n) is 7.06. The summed E-state index contributed by atoms with van der Waals surface area (Å²) in [4.78, 5) is 18.7. The summed E-state index contributed by atoms with van der Waals surface area (Å²) in [6.45, 7) is 1.34. The van der Waals surface area contributed by atoms with Crippen molar-refractivity contribution in [1.82, 2.24) is 9.88 Å². The van der Waals surface area contributed by atoms with Crippen LogP contribution < -0.4 is 0 Å². The van der Waals surface area contributed by atoms with E-state index in [-0.39, 0.29) is 23.9 Å². The molecule has 2 aliphatic carbocycles. The van der Waals surface area contributed by atoms with Crippen molar-refractivity contribution in [2.75, 3.05) is 13.2 Å². The molecule has 5 rings (SSSR count). The van der Waals surface area contributed by atoms with Crippen molar-refractivity contribution >= 4 is 12.2 Å². The van der Waals surface area contributed by atoms with Crippen LogP contribution in [-0.4, -0.2) is 35.2 Å². The van der Waals surface area contributed by atoms with Gasteiger partial charge in [-0.15, -0.1) is 12.8 Å². The summed E-state index contributed by atoms with van der Waals surface area (Å²) in [6.07, 6.45) is 27.5. The Labute approximate surface area is 189 Å². The Morgan fingerprint density at radius 2 is 2.03 bits per heavy atom. The molecule has 2 aliphatic heterocycles. The molecule has 0 bridgehead atoms. The van der Waals surface area contributed by atoms with Gasteiger partial charge in [-0.2, -0.15) is 0 Å². The molecule has 2 saturated heterocycles. The predicted octanol–water partition coefficient (Wildman–Crippen LogP) is 5.66. The lowest BCUT2D eigenvalue weighted by Gasteiger charge is -2.46. The summed E-state index contributed by atoms with van der Waals surface area (Å²) < 4.78 is 19.1. The Morgan fingerprint density at radius 1 is 1.19 bits per heavy atom. The molecule has 32 heavy (non-hydrogen) atoms. The Morgan fingerprint density at radius 3 is 2.84 bits per heavy atom. The fraction of sp³-hybridized carbons (Fsp3) is 0.407. The van der Waals surface area contributed by atoms with Crippen LogP contribution in [0, 0.1) is 30.6 Å². The second kappa shape index (κ2) is 9.99. The summed E-state index contributed by atoms with van der Waals surface area (Å²) in [6, 6.07) is 4.14. The highest BCUT2D eigenvalue weighted by Gasteiger charge is 2.48. The van der Waals surface area contributed by atoms with Crippen LogP contribution in [0.2, 0.25) is 0 Å². The van der Waals surface area contributed by atoms with Gasteiger partial charge in [0.2, 0.25) is 0 Å². The number of carbonyl (C=O) groups is 1. The Hall–Kier alpha value is -3.13. The summed E-state index contributed by atoms with van der Waals surface area (Å²) in [5.74, 6) is 1.16. The minimum Gasteiger partial charge on any atom is -0.447 e. The van der Waals surface area contributed by atoms with E-state index in [0.717, 1.165) is 17.8 Å². The molecule has 0 N–H and O–H groups in total. The van der Waals surface area contributed by atoms with Crippen molar-refractivity contribution in [3.8, 4) is 12.8 Å². The third kappa shape index (κ3) is 4.55. The first-order chi connectivity index (χ1) is 15.7. The molecule has 166 valence electrons. The SMILES string of the molecule is C#C.O=C1OCC2C(/C=C/c3ccc(C4C=CC=CC(F)=C4)cn3)C3CCCCC3CN12. The van der Waals surface area contributed by atoms with Gasteiger partial charge in [0.15, 0.2) is 0 Å². The van der Waals surface area contributed by atoms with E-state index in [1.807, 2.05) is 35.4 Å². The minimum absolute atomic E-state index is 0.109. The first kappa shape index (κ1) is 22.1. The highest BCUT2D eigenvalue weighted by atomic mass is 19.1. The van der Waals surface area contributed by atoms with Gasteiger partial charge in [0, 0.05) is 24.6 Å². The molecule has 4 nitrogen and oxygen atoms in total. The summed E-state index contributed by atoms with van der Waals surface area (Å²) in [5.41, 5.74) is 1.85. The lowest BCUT2D eigenvalue weighted by molar-refractivity contribution is 0.0472. The number of rotatable bonds is 3. The topological polar surface area (TPSA) is 42.4 Å². The molecule has 3 heterocycles. The molecular formula is C27H29FN2O2. The van der Waals surface area contributed by atoms with Gasteiger partial charge in [-0.25, -0.2) is 9.18 Å². The first-order valence-electron chi connectivity index (χ1n) is 11.3. The Balaban J connectivity index is 0.00000119. The molecular weight excluding hydrogens is 403 g/mol. The zero-order chi connectivity index (χ0) is 22.5. The van der Waals surface area contributed by atoms with Gasteiger partial charge < -0.3 is 9.64 Å². The minimum atomic E-state index is -0.230. The van der Waals surface area contributed by atoms with Crippen molar-refractivity contribution in [3.63, 3.8) is 0 Å². The van der Waals surface area contributed by atoms with E-state index in [4.69, 9.17) is 4.74 Å². The fourth-order valence-corrected chi connectivity index (χ4v) is 5.52. The number of hydrogen-bond acceptors (Lipinski definition) is 3. The maximum Gasteiger partial charge on any atom is 0.410 e. The molecule has 5 unspecified atom stereocenters. The lowest BCUT2D eigenvalue weighted by Crippen LogP contribution is -2.52. The van der Waals surface area contributed by atoms with E-state index < -0.39 is 0 Å². The highest BCUT2D eigenvalue weighted by Crippen LogP contribution is 2.44. The van der Waals surface area contributed by atoms with Gasteiger partial charge in [0.1, 0.15) is 12.4 Å². The number of aromatic nitrogens is 1. The molecule has 0 aromatic carbocycles. The van der Waals surface area contributed by atoms with Gasteiger partial charge in [0.05, 0.1) is 11.7 Å². The molecule has 0 radical (unpaired) electrons. The zero-order valence-corrected chi connectivity index (χ0v) is 18.1. The summed E-state index contributed by atoms with van der Waals surface area (Å²) in [7, 11) is 0. The van der Waals surface area contributed by atoms with Crippen LogP contribution in [0.1, 0.15) is 42.9 Å². The van der Waals surface area contributed by atoms with Crippen LogP contribution in [0.3, 0.4) is 0 Å². The number of amides is 1. The molecule has 4 aliphatic rings. The number of piperidine rings is 1. The smallest absolute Gasteiger partial charge is 0.410 e. The Bertz CT molecular complexity index is 960. The van der Waals surface area contributed by atoms with E-state index in [9.17, 15) is 9.18 Å². The van der Waals surface area contributed by atoms with Crippen molar-refractivity contribution in [2.45, 2.75) is 37.6 Å². The van der Waals surface area contributed by atoms with Gasteiger partial charge >= 0.3 is 6.09 Å². The number of allylic oxidation sites excluding steroid dienone is 6. The molecule has 0 spiro atoms. The maximum absolute atomic E-state index is 13.7. The number of cyclic esters (lactones) is 1. The number of hydrogen-bond donors (Lipinski definition) is 0. The number of halogens is 1. The molecule has 1 amide bonds. The zero-order valence-electron chi connectivity index (χ0n) is 18.1. The normalized spacial score (nSPS) is 31.1. The van der Waals surface area contributed by atoms with Crippen LogP contribution in [0.5, 0.6) is 0 Å². The van der Waals surface area contributed by atoms with Crippen molar-refractivity contribution in [3.05, 3.63) is 71.9 Å². The van der Waals surface area contributed by atoms with E-state index in [1.165, 1.54) is 31.8 Å². The number of terminal acetylenes is 1. The number of carbonyl (C=O) groups excluding carboxylic acids is 1. The maximum atomic E-state index is 13.7. The van der Waals surface area contributed by atoms with Crippen LogP contribution in [0.4, 0.5) is 9.18 Å². The van der Waals surface area contributed by atoms with E-state index in [2.05, 4.69) is 30.0 Å². The quantitative estimate of drug-likeness (QED) is 0.579. The van der Waals surface area contributed by atoms with Crippen LogP contribution in [0.25, 0.3) is 6.08 Å². The van der Waals surface area contributed by atoms with Crippen LogP contribution >= 0.6 is 0 Å². The lowest BCUT2D eigenvalue weighted by atomic mass is 9.67. The summed E-state index contributed by atoms with van der Waals surface area (Å²) >= 11 is 0. The first-order valence-corrected chi connectivity index (χ1v) is 11.3. The standard InChI is InChI=1S/C25H27FN2O2.C2H2/c26-20-7-3-1-5-17(13-20)18-9-10-21(27-14-18)11-12-23-22-8-4-2-6-19(22)15-28-24(23)16-30-25(28)29;1-2/h1,3,5,7,9-14,17,19,22-24H,2,4,6,8,15-16H2;1-2H/b12-11+;. The van der Waals surface area contributed by atoms with Crippen molar-refractivity contribution < 1.29 is 13.9 Å². The van der Waals surface area contributed by atoms with E-state index >= 15 is 0 Å². The van der Waals surface area contributed by atoms with Crippen molar-refractivity contribution in [1.29, 1.82) is 0 Å². The average Bonchev–Trinajstić information content (AvgIpc) is 3.06.